The zero-order valence-corrected chi connectivity index (χ0v) is 17.7. The molecule has 1 amide bonds. The second-order valence-corrected chi connectivity index (χ2v) is 8.12. The molecule has 8 heteroatoms. The first-order valence-electron chi connectivity index (χ1n) is 10.8. The molecule has 3 heterocycles. The van der Waals surface area contributed by atoms with Gasteiger partial charge in [-0.2, -0.15) is 5.10 Å². The number of nitrogens with zero attached hydrogens (tertiary/aromatic N) is 3. The van der Waals surface area contributed by atoms with Crippen LogP contribution in [0.5, 0.6) is 5.75 Å². The lowest BCUT2D eigenvalue weighted by molar-refractivity contribution is 0.139. The third-order valence-electron chi connectivity index (χ3n) is 5.95. The summed E-state index contributed by atoms with van der Waals surface area (Å²) in [5.41, 5.74) is 4.90. The third-order valence-corrected chi connectivity index (χ3v) is 5.95. The molecule has 3 aromatic rings. The van der Waals surface area contributed by atoms with E-state index >= 15 is 0 Å². The number of hydrogen-bond acceptors (Lipinski definition) is 6. The number of aromatic amines is 1. The zero-order valence-electron chi connectivity index (χ0n) is 17.7. The molecule has 162 valence electrons. The van der Waals surface area contributed by atoms with Crippen molar-refractivity contribution in [3.05, 3.63) is 42.0 Å². The molecule has 2 aromatic carbocycles. The van der Waals surface area contributed by atoms with E-state index in [1.165, 1.54) is 0 Å². The summed E-state index contributed by atoms with van der Waals surface area (Å²) >= 11 is 0. The summed E-state index contributed by atoms with van der Waals surface area (Å²) < 4.78 is 11.4. The Hall–Kier alpha value is -3.26. The third kappa shape index (κ3) is 4.16. The van der Waals surface area contributed by atoms with Crippen molar-refractivity contribution >= 4 is 22.7 Å². The Balaban J connectivity index is 1.56. The fraction of sp³-hybridized carbons (Fsp3) is 0.391. The minimum Gasteiger partial charge on any atom is -0.494 e. The highest BCUT2D eigenvalue weighted by Crippen LogP contribution is 2.33. The molecule has 5 rings (SSSR count). The molecule has 0 unspecified atom stereocenters. The van der Waals surface area contributed by atoms with Crippen LogP contribution in [0.2, 0.25) is 0 Å². The molecule has 1 saturated heterocycles. The maximum absolute atomic E-state index is 12.2. The first-order valence-corrected chi connectivity index (χ1v) is 10.8. The number of cyclic esters (lactones) is 1. The van der Waals surface area contributed by atoms with Crippen molar-refractivity contribution in [2.75, 3.05) is 51.3 Å². The first-order chi connectivity index (χ1) is 15.2. The monoisotopic (exact) mass is 421 g/mol. The SMILES string of the molecule is CN1CCN(c2ccc3cc2COC(=O)NCCCOc2ccc4[nH]nc-3c4c2)CC1. The highest BCUT2D eigenvalue weighted by Gasteiger charge is 2.20. The highest BCUT2D eigenvalue weighted by atomic mass is 16.5. The minimum absolute atomic E-state index is 0.214. The Labute approximate surface area is 181 Å². The van der Waals surface area contributed by atoms with Crippen LogP contribution in [0, 0.1) is 0 Å². The van der Waals surface area contributed by atoms with Gasteiger partial charge in [-0.15, -0.1) is 0 Å². The summed E-state index contributed by atoms with van der Waals surface area (Å²) in [7, 11) is 2.14. The number of ether oxygens (including phenoxy) is 2. The van der Waals surface area contributed by atoms with Gasteiger partial charge in [0.25, 0.3) is 0 Å². The molecule has 1 aromatic heterocycles. The van der Waals surface area contributed by atoms with Gasteiger partial charge in [-0.05, 0) is 43.8 Å². The molecule has 1 fully saturated rings. The Morgan fingerprint density at radius 2 is 1.90 bits per heavy atom. The lowest BCUT2D eigenvalue weighted by Crippen LogP contribution is -2.44. The van der Waals surface area contributed by atoms with Crippen molar-refractivity contribution in [1.29, 1.82) is 0 Å². The average Bonchev–Trinajstić information content (AvgIpc) is 3.21. The van der Waals surface area contributed by atoms with Crippen molar-refractivity contribution in [2.45, 2.75) is 13.0 Å². The van der Waals surface area contributed by atoms with E-state index in [-0.39, 0.29) is 6.61 Å². The van der Waals surface area contributed by atoms with Crippen LogP contribution in [0.4, 0.5) is 10.5 Å². The van der Waals surface area contributed by atoms with Crippen LogP contribution in [0.1, 0.15) is 12.0 Å². The van der Waals surface area contributed by atoms with E-state index in [4.69, 9.17) is 9.47 Å². The second-order valence-electron chi connectivity index (χ2n) is 8.12. The Bertz CT molecular complexity index is 1090. The van der Waals surface area contributed by atoms with Crippen LogP contribution < -0.4 is 15.0 Å². The summed E-state index contributed by atoms with van der Waals surface area (Å²) in [6.07, 6.45) is 0.290. The summed E-state index contributed by atoms with van der Waals surface area (Å²) in [6.45, 7) is 5.14. The van der Waals surface area contributed by atoms with Crippen molar-refractivity contribution in [1.82, 2.24) is 20.4 Å². The van der Waals surface area contributed by atoms with Gasteiger partial charge in [-0.1, -0.05) is 6.07 Å². The van der Waals surface area contributed by atoms with Gasteiger partial charge in [0.1, 0.15) is 18.1 Å². The molecule has 0 radical (unpaired) electrons. The number of H-pyrrole nitrogens is 1. The molecule has 2 aliphatic heterocycles. The average molecular weight is 422 g/mol. The van der Waals surface area contributed by atoms with Crippen LogP contribution in [0.25, 0.3) is 22.2 Å². The van der Waals surface area contributed by atoms with Gasteiger partial charge in [-0.25, -0.2) is 4.79 Å². The fourth-order valence-corrected chi connectivity index (χ4v) is 4.15. The number of alkyl carbamates (subject to hydrolysis) is 1. The topological polar surface area (TPSA) is 82.7 Å². The van der Waals surface area contributed by atoms with Gasteiger partial charge in [0.15, 0.2) is 0 Å². The van der Waals surface area contributed by atoms with Crippen molar-refractivity contribution in [2.24, 2.45) is 0 Å². The number of rotatable bonds is 1. The summed E-state index contributed by atoms with van der Waals surface area (Å²) in [6, 6.07) is 12.3. The van der Waals surface area contributed by atoms with Gasteiger partial charge in [0.05, 0.1) is 12.1 Å². The molecule has 4 bridgehead atoms. The summed E-state index contributed by atoms with van der Waals surface area (Å²) in [4.78, 5) is 16.9. The zero-order chi connectivity index (χ0) is 21.2. The molecule has 0 saturated carbocycles. The molecule has 2 N–H and O–H groups in total. The minimum atomic E-state index is -0.410. The van der Waals surface area contributed by atoms with Gasteiger partial charge in [-0.3, -0.25) is 5.10 Å². The molecule has 0 atom stereocenters. The number of nitrogens with one attached hydrogen (secondary N) is 2. The van der Waals surface area contributed by atoms with Gasteiger partial charge < -0.3 is 24.6 Å². The van der Waals surface area contributed by atoms with E-state index in [1.807, 2.05) is 18.2 Å². The molecule has 0 aliphatic carbocycles. The number of fused-ring (bicyclic) bond motifs is 4. The van der Waals surface area contributed by atoms with E-state index in [0.717, 1.165) is 65.3 Å². The Morgan fingerprint density at radius 1 is 1.03 bits per heavy atom. The maximum atomic E-state index is 12.2. The van der Waals surface area contributed by atoms with Crippen molar-refractivity contribution in [3.8, 4) is 17.0 Å². The highest BCUT2D eigenvalue weighted by molar-refractivity contribution is 5.94. The van der Waals surface area contributed by atoms with Crippen LogP contribution >= 0.6 is 0 Å². The van der Waals surface area contributed by atoms with E-state index in [9.17, 15) is 4.79 Å². The molecule has 8 nitrogen and oxygen atoms in total. The predicted molar refractivity (Wildman–Crippen MR) is 120 cm³/mol. The smallest absolute Gasteiger partial charge is 0.407 e. The largest absolute Gasteiger partial charge is 0.494 e. The summed E-state index contributed by atoms with van der Waals surface area (Å²) in [5.74, 6) is 0.793. The van der Waals surface area contributed by atoms with Crippen molar-refractivity contribution in [3.63, 3.8) is 0 Å². The molecule has 0 spiro atoms. The number of amides is 1. The van der Waals surface area contributed by atoms with Gasteiger partial charge in [0, 0.05) is 54.9 Å². The number of benzene rings is 2. The number of hydrogen-bond donors (Lipinski definition) is 2. The first kappa shape index (κ1) is 19.7. The van der Waals surface area contributed by atoms with E-state index in [1.54, 1.807) is 0 Å². The fourth-order valence-electron chi connectivity index (χ4n) is 4.15. The van der Waals surface area contributed by atoms with Crippen LogP contribution in [-0.4, -0.2) is 67.6 Å². The standard InChI is InChI=1S/C23H27N5O3/c1-27-8-10-28(11-9-27)21-6-3-16-13-17(21)15-31-23(29)24-7-2-12-30-18-4-5-20-19(14-18)22(16)26-25-20/h3-6,13-14H,2,7-12,15H2,1H3,(H,24,29)(H,25,26). The molecule has 2 aliphatic rings. The second kappa shape index (κ2) is 8.47. The number of likely N-dealkylation sites (N-methyl/N-ethyl adjacent to an activating group) is 1. The van der Waals surface area contributed by atoms with Crippen molar-refractivity contribution < 1.29 is 14.3 Å². The lowest BCUT2D eigenvalue weighted by atomic mass is 10.0. The number of carbonyl (C=O) groups is 1. The Kier molecular flexibility index (Phi) is 5.38. The molecular weight excluding hydrogens is 394 g/mol. The van der Waals surface area contributed by atoms with Crippen LogP contribution in [-0.2, 0) is 11.3 Å². The van der Waals surface area contributed by atoms with Gasteiger partial charge in [0.2, 0.25) is 0 Å². The normalized spacial score (nSPS) is 18.1. The quantitative estimate of drug-likeness (QED) is 0.629. The molecular formula is C23H27N5O3. The Morgan fingerprint density at radius 3 is 2.77 bits per heavy atom. The number of aromatic nitrogens is 2. The number of carbonyl (C=O) groups excluding carboxylic acids is 1. The maximum Gasteiger partial charge on any atom is 0.407 e. The van der Waals surface area contributed by atoms with Crippen LogP contribution in [0.15, 0.2) is 36.4 Å². The van der Waals surface area contributed by atoms with Gasteiger partial charge >= 0.3 is 6.09 Å². The van der Waals surface area contributed by atoms with E-state index in [2.05, 4.69) is 50.6 Å². The number of anilines is 1. The number of piperazine rings is 1. The molecule has 31 heavy (non-hydrogen) atoms. The lowest BCUT2D eigenvalue weighted by Gasteiger charge is -2.35. The van der Waals surface area contributed by atoms with E-state index < -0.39 is 6.09 Å². The van der Waals surface area contributed by atoms with Crippen LogP contribution in [0.3, 0.4) is 0 Å². The summed E-state index contributed by atoms with van der Waals surface area (Å²) in [5, 5.41) is 11.5. The predicted octanol–water partition coefficient (Wildman–Crippen LogP) is 2.99. The van der Waals surface area contributed by atoms with E-state index in [0.29, 0.717) is 19.6 Å².